The first-order valence-corrected chi connectivity index (χ1v) is 9.44. The summed E-state index contributed by atoms with van der Waals surface area (Å²) in [7, 11) is 0. The molecule has 3 aromatic rings. The van der Waals surface area contributed by atoms with Crippen molar-refractivity contribution in [2.24, 2.45) is 0 Å². The lowest BCUT2D eigenvalue weighted by atomic mass is 10.0. The van der Waals surface area contributed by atoms with E-state index in [2.05, 4.69) is 10.6 Å². The molecule has 0 aliphatic carbocycles. The van der Waals surface area contributed by atoms with E-state index in [1.165, 1.54) is 0 Å². The summed E-state index contributed by atoms with van der Waals surface area (Å²) < 4.78 is 0. The van der Waals surface area contributed by atoms with Crippen LogP contribution in [0.3, 0.4) is 0 Å². The third-order valence-corrected chi connectivity index (χ3v) is 4.88. The fourth-order valence-electron chi connectivity index (χ4n) is 2.74. The van der Waals surface area contributed by atoms with Crippen molar-refractivity contribution in [2.75, 3.05) is 5.32 Å². The first-order chi connectivity index (χ1) is 13.5. The molecule has 0 spiro atoms. The van der Waals surface area contributed by atoms with Crippen molar-refractivity contribution in [1.29, 1.82) is 0 Å². The molecule has 0 unspecified atom stereocenters. The van der Waals surface area contributed by atoms with Crippen LogP contribution >= 0.6 is 23.2 Å². The Morgan fingerprint density at radius 1 is 0.821 bits per heavy atom. The summed E-state index contributed by atoms with van der Waals surface area (Å²) in [5.41, 5.74) is 1.92. The molecule has 0 radical (unpaired) electrons. The maximum absolute atomic E-state index is 12.6. The second-order valence-corrected chi connectivity index (χ2v) is 7.00. The minimum Gasteiger partial charge on any atom is -0.345 e. The molecule has 3 rings (SSSR count). The highest BCUT2D eigenvalue weighted by molar-refractivity contribution is 6.42. The second kappa shape index (κ2) is 9.40. The van der Waals surface area contributed by atoms with Crippen molar-refractivity contribution in [3.63, 3.8) is 0 Å². The van der Waals surface area contributed by atoms with Gasteiger partial charge in [0, 0.05) is 11.3 Å². The molecule has 1 atom stereocenters. The van der Waals surface area contributed by atoms with E-state index in [9.17, 15) is 9.59 Å². The van der Waals surface area contributed by atoms with Gasteiger partial charge in [0.2, 0.25) is 5.91 Å². The van der Waals surface area contributed by atoms with Crippen LogP contribution in [0.5, 0.6) is 0 Å². The van der Waals surface area contributed by atoms with E-state index >= 15 is 0 Å². The number of amides is 2. The van der Waals surface area contributed by atoms with Gasteiger partial charge in [0.1, 0.15) is 0 Å². The van der Waals surface area contributed by atoms with E-state index in [4.69, 9.17) is 23.2 Å². The maximum atomic E-state index is 12.6. The van der Waals surface area contributed by atoms with E-state index < -0.39 is 6.04 Å². The van der Waals surface area contributed by atoms with Gasteiger partial charge < -0.3 is 10.6 Å². The number of hydrogen-bond donors (Lipinski definition) is 2. The van der Waals surface area contributed by atoms with E-state index in [0.29, 0.717) is 21.3 Å². The van der Waals surface area contributed by atoms with Gasteiger partial charge in [-0.2, -0.15) is 0 Å². The summed E-state index contributed by atoms with van der Waals surface area (Å²) in [5, 5.41) is 6.50. The molecule has 2 amide bonds. The number of carbonyl (C=O) groups excluding carboxylic acids is 2. The summed E-state index contributed by atoms with van der Waals surface area (Å²) in [6.45, 7) is 0. The Kier molecular flexibility index (Phi) is 6.69. The molecule has 0 aliphatic heterocycles. The number of halogens is 2. The molecule has 0 aliphatic rings. The fraction of sp³-hybridized carbons (Fsp3) is 0.0909. The number of hydrogen-bond acceptors (Lipinski definition) is 2. The predicted octanol–water partition coefficient (Wildman–Crippen LogP) is 5.49. The Bertz CT molecular complexity index is 963. The van der Waals surface area contributed by atoms with Crippen LogP contribution in [0.2, 0.25) is 10.0 Å². The lowest BCUT2D eigenvalue weighted by Gasteiger charge is -2.19. The number of rotatable bonds is 6. The number of nitrogens with one attached hydrogen (secondary N) is 2. The summed E-state index contributed by atoms with van der Waals surface area (Å²) in [4.78, 5) is 25.1. The summed E-state index contributed by atoms with van der Waals surface area (Å²) in [6.07, 6.45) is 0.0723. The van der Waals surface area contributed by atoms with E-state index in [0.717, 1.165) is 5.56 Å². The van der Waals surface area contributed by atoms with Crippen LogP contribution in [-0.4, -0.2) is 11.8 Å². The van der Waals surface area contributed by atoms with Gasteiger partial charge in [0.05, 0.1) is 22.5 Å². The first-order valence-electron chi connectivity index (χ1n) is 8.68. The highest BCUT2D eigenvalue weighted by Gasteiger charge is 2.19. The molecule has 0 bridgehead atoms. The zero-order chi connectivity index (χ0) is 19.9. The van der Waals surface area contributed by atoms with E-state index in [1.54, 1.807) is 42.5 Å². The normalized spacial score (nSPS) is 11.5. The van der Waals surface area contributed by atoms with Gasteiger partial charge in [0.25, 0.3) is 5.91 Å². The third kappa shape index (κ3) is 5.35. The van der Waals surface area contributed by atoms with Crippen LogP contribution < -0.4 is 10.6 Å². The molecule has 2 N–H and O–H groups in total. The van der Waals surface area contributed by atoms with Gasteiger partial charge in [-0.1, -0.05) is 71.7 Å². The maximum Gasteiger partial charge on any atom is 0.251 e. The van der Waals surface area contributed by atoms with Gasteiger partial charge in [-0.3, -0.25) is 9.59 Å². The molecule has 0 aromatic heterocycles. The minimum atomic E-state index is -0.475. The van der Waals surface area contributed by atoms with Gasteiger partial charge in [0.15, 0.2) is 0 Å². The molecule has 0 heterocycles. The van der Waals surface area contributed by atoms with Crippen molar-refractivity contribution in [2.45, 2.75) is 12.5 Å². The molecule has 28 heavy (non-hydrogen) atoms. The molecule has 3 aromatic carbocycles. The standard InChI is InChI=1S/C22H18Cl2N2O2/c23-18-12-11-17(13-19(18)24)25-21(27)14-20(15-7-3-1-4-8-15)26-22(28)16-9-5-2-6-10-16/h1-13,20H,14H2,(H,25,27)(H,26,28)/t20-/m1/s1. The van der Waals surface area contributed by atoms with Gasteiger partial charge in [-0.05, 0) is 35.9 Å². The third-order valence-electron chi connectivity index (χ3n) is 4.14. The Labute approximate surface area is 173 Å². The van der Waals surface area contributed by atoms with Crippen molar-refractivity contribution < 1.29 is 9.59 Å². The number of benzene rings is 3. The monoisotopic (exact) mass is 412 g/mol. The molecular formula is C22H18Cl2N2O2. The largest absolute Gasteiger partial charge is 0.345 e. The minimum absolute atomic E-state index is 0.0723. The Morgan fingerprint density at radius 2 is 1.46 bits per heavy atom. The Morgan fingerprint density at radius 3 is 2.11 bits per heavy atom. The van der Waals surface area contributed by atoms with E-state index in [1.807, 2.05) is 36.4 Å². The summed E-state index contributed by atoms with van der Waals surface area (Å²) >= 11 is 11.9. The predicted molar refractivity (Wildman–Crippen MR) is 113 cm³/mol. The van der Waals surface area contributed by atoms with Crippen molar-refractivity contribution in [1.82, 2.24) is 5.32 Å². The first kappa shape index (κ1) is 19.9. The fourth-order valence-corrected chi connectivity index (χ4v) is 3.04. The van der Waals surface area contributed by atoms with Gasteiger partial charge in [-0.25, -0.2) is 0 Å². The molecule has 0 fully saturated rings. The smallest absolute Gasteiger partial charge is 0.251 e. The second-order valence-electron chi connectivity index (χ2n) is 6.18. The molecule has 0 saturated heterocycles. The van der Waals surface area contributed by atoms with Crippen molar-refractivity contribution in [3.05, 3.63) is 100 Å². The summed E-state index contributed by atoms with van der Waals surface area (Å²) in [5.74, 6) is -0.489. The summed E-state index contributed by atoms with van der Waals surface area (Å²) in [6, 6.07) is 22.7. The van der Waals surface area contributed by atoms with Crippen LogP contribution in [0.25, 0.3) is 0 Å². The Hall–Kier alpha value is -2.82. The van der Waals surface area contributed by atoms with Crippen LogP contribution in [-0.2, 0) is 4.79 Å². The number of anilines is 1. The zero-order valence-electron chi connectivity index (χ0n) is 14.9. The van der Waals surface area contributed by atoms with Crippen molar-refractivity contribution >= 4 is 40.7 Å². The molecular weight excluding hydrogens is 395 g/mol. The lowest BCUT2D eigenvalue weighted by molar-refractivity contribution is -0.116. The van der Waals surface area contributed by atoms with E-state index in [-0.39, 0.29) is 18.2 Å². The van der Waals surface area contributed by atoms with Crippen LogP contribution in [0.15, 0.2) is 78.9 Å². The van der Waals surface area contributed by atoms with Crippen LogP contribution in [0, 0.1) is 0 Å². The average Bonchev–Trinajstić information content (AvgIpc) is 2.71. The van der Waals surface area contributed by atoms with Crippen molar-refractivity contribution in [3.8, 4) is 0 Å². The van der Waals surface area contributed by atoms with Crippen LogP contribution in [0.4, 0.5) is 5.69 Å². The van der Waals surface area contributed by atoms with Crippen LogP contribution in [0.1, 0.15) is 28.4 Å². The SMILES string of the molecule is O=C(C[C@@H](NC(=O)c1ccccc1)c1ccccc1)Nc1ccc(Cl)c(Cl)c1. The molecule has 6 heteroatoms. The molecule has 0 saturated carbocycles. The highest BCUT2D eigenvalue weighted by Crippen LogP contribution is 2.25. The zero-order valence-corrected chi connectivity index (χ0v) is 16.4. The van der Waals surface area contributed by atoms with Gasteiger partial charge >= 0.3 is 0 Å². The molecule has 4 nitrogen and oxygen atoms in total. The number of carbonyl (C=O) groups is 2. The molecule has 142 valence electrons. The quantitative estimate of drug-likeness (QED) is 0.561. The highest BCUT2D eigenvalue weighted by atomic mass is 35.5. The Balaban J connectivity index is 1.74. The lowest BCUT2D eigenvalue weighted by Crippen LogP contribution is -2.31. The van der Waals surface area contributed by atoms with Gasteiger partial charge in [-0.15, -0.1) is 0 Å². The average molecular weight is 413 g/mol. The topological polar surface area (TPSA) is 58.2 Å².